The van der Waals surface area contributed by atoms with Crippen molar-refractivity contribution in [2.24, 2.45) is 5.92 Å². The van der Waals surface area contributed by atoms with Gasteiger partial charge in [0.25, 0.3) is 0 Å². The number of hydrogen-bond acceptors (Lipinski definition) is 2. The average molecular weight is 262 g/mol. The molecule has 2 amide bonds. The number of aliphatic carboxylic acids is 1. The van der Waals surface area contributed by atoms with Crippen LogP contribution in [-0.4, -0.2) is 35.1 Å². The largest absolute Gasteiger partial charge is 0.480 e. The molecule has 0 atom stereocenters. The van der Waals surface area contributed by atoms with Crippen molar-refractivity contribution in [1.29, 1.82) is 0 Å². The third-order valence-corrected chi connectivity index (χ3v) is 3.18. The van der Waals surface area contributed by atoms with Gasteiger partial charge in [-0.3, -0.25) is 4.79 Å². The summed E-state index contributed by atoms with van der Waals surface area (Å²) in [5.74, 6) is -0.525. The minimum atomic E-state index is -0.986. The second-order valence-electron chi connectivity index (χ2n) is 4.96. The van der Waals surface area contributed by atoms with Crippen LogP contribution in [0.1, 0.15) is 18.4 Å². The number of hydrogen-bond donors (Lipinski definition) is 2. The molecule has 102 valence electrons. The highest BCUT2D eigenvalue weighted by atomic mass is 16.4. The van der Waals surface area contributed by atoms with Crippen molar-refractivity contribution in [2.75, 3.05) is 18.4 Å². The van der Waals surface area contributed by atoms with Gasteiger partial charge in [0.15, 0.2) is 0 Å². The van der Waals surface area contributed by atoms with Crippen LogP contribution in [-0.2, 0) is 4.79 Å². The summed E-state index contributed by atoms with van der Waals surface area (Å²) in [7, 11) is 0. The Bertz CT molecular complexity index is 483. The Hall–Kier alpha value is -2.04. The Labute approximate surface area is 112 Å². The van der Waals surface area contributed by atoms with Crippen LogP contribution in [0.4, 0.5) is 10.5 Å². The minimum Gasteiger partial charge on any atom is -0.480 e. The SMILES string of the molecule is Cc1ccccc1NC(=O)N(CC(=O)O)CC1CC1. The van der Waals surface area contributed by atoms with Crippen LogP contribution in [0, 0.1) is 12.8 Å². The van der Waals surface area contributed by atoms with Gasteiger partial charge in [0, 0.05) is 12.2 Å². The van der Waals surface area contributed by atoms with Gasteiger partial charge < -0.3 is 15.3 Å². The zero-order valence-corrected chi connectivity index (χ0v) is 10.9. The Balaban J connectivity index is 2.01. The van der Waals surface area contributed by atoms with E-state index in [1.54, 1.807) is 0 Å². The summed E-state index contributed by atoms with van der Waals surface area (Å²) >= 11 is 0. The van der Waals surface area contributed by atoms with E-state index in [0.29, 0.717) is 12.5 Å². The maximum Gasteiger partial charge on any atom is 0.323 e. The molecule has 1 saturated carbocycles. The summed E-state index contributed by atoms with van der Waals surface area (Å²) in [6, 6.07) is 7.10. The van der Waals surface area contributed by atoms with E-state index >= 15 is 0 Å². The fourth-order valence-electron chi connectivity index (χ4n) is 1.90. The number of carboxylic acids is 1. The number of urea groups is 1. The molecule has 0 unspecified atom stereocenters. The highest BCUT2D eigenvalue weighted by Gasteiger charge is 2.28. The average Bonchev–Trinajstić information content (AvgIpc) is 3.14. The first-order chi connectivity index (χ1) is 9.06. The summed E-state index contributed by atoms with van der Waals surface area (Å²) in [6.07, 6.45) is 2.15. The summed E-state index contributed by atoms with van der Waals surface area (Å²) < 4.78 is 0. The number of rotatable bonds is 5. The zero-order valence-electron chi connectivity index (χ0n) is 10.9. The number of carbonyl (C=O) groups is 2. The first kappa shape index (κ1) is 13.4. The van der Waals surface area contributed by atoms with Crippen molar-refractivity contribution >= 4 is 17.7 Å². The number of carboxylic acid groups (broad SMARTS) is 1. The van der Waals surface area contributed by atoms with E-state index < -0.39 is 5.97 Å². The van der Waals surface area contributed by atoms with E-state index in [9.17, 15) is 9.59 Å². The van der Waals surface area contributed by atoms with Crippen LogP contribution >= 0.6 is 0 Å². The molecule has 0 saturated heterocycles. The quantitative estimate of drug-likeness (QED) is 0.855. The fraction of sp³-hybridized carbons (Fsp3) is 0.429. The number of aryl methyl sites for hydroxylation is 1. The molecule has 0 radical (unpaired) electrons. The Morgan fingerprint density at radius 1 is 1.37 bits per heavy atom. The summed E-state index contributed by atoms with van der Waals surface area (Å²) in [5, 5.41) is 11.6. The van der Waals surface area contributed by atoms with Gasteiger partial charge in [-0.1, -0.05) is 18.2 Å². The Morgan fingerprint density at radius 2 is 2.05 bits per heavy atom. The molecule has 1 aliphatic rings. The smallest absolute Gasteiger partial charge is 0.323 e. The molecule has 5 nitrogen and oxygen atoms in total. The topological polar surface area (TPSA) is 69.6 Å². The lowest BCUT2D eigenvalue weighted by Crippen LogP contribution is -2.40. The van der Waals surface area contributed by atoms with Crippen LogP contribution in [0.2, 0.25) is 0 Å². The van der Waals surface area contributed by atoms with Crippen molar-refractivity contribution in [3.8, 4) is 0 Å². The molecule has 1 fully saturated rings. The summed E-state index contributed by atoms with van der Waals surface area (Å²) in [5.41, 5.74) is 1.68. The molecule has 0 aromatic heterocycles. The van der Waals surface area contributed by atoms with Gasteiger partial charge in [0.1, 0.15) is 6.54 Å². The van der Waals surface area contributed by atoms with Crippen molar-refractivity contribution in [3.63, 3.8) is 0 Å². The Morgan fingerprint density at radius 3 is 2.63 bits per heavy atom. The number of nitrogens with zero attached hydrogens (tertiary/aromatic N) is 1. The molecule has 1 aromatic carbocycles. The van der Waals surface area contributed by atoms with E-state index in [-0.39, 0.29) is 12.6 Å². The number of nitrogens with one attached hydrogen (secondary N) is 1. The minimum absolute atomic E-state index is 0.256. The van der Waals surface area contributed by atoms with E-state index in [1.807, 2.05) is 31.2 Å². The number of para-hydroxylation sites is 1. The van der Waals surface area contributed by atoms with Gasteiger partial charge in [-0.25, -0.2) is 4.79 Å². The second kappa shape index (κ2) is 5.73. The van der Waals surface area contributed by atoms with Gasteiger partial charge in [0.05, 0.1) is 0 Å². The number of carbonyl (C=O) groups excluding carboxylic acids is 1. The fourth-order valence-corrected chi connectivity index (χ4v) is 1.90. The lowest BCUT2D eigenvalue weighted by Gasteiger charge is -2.21. The van der Waals surface area contributed by atoms with Crippen LogP contribution in [0.3, 0.4) is 0 Å². The van der Waals surface area contributed by atoms with Crippen LogP contribution in [0.5, 0.6) is 0 Å². The first-order valence-corrected chi connectivity index (χ1v) is 6.39. The van der Waals surface area contributed by atoms with E-state index in [1.165, 1.54) is 4.90 Å². The van der Waals surface area contributed by atoms with Crippen molar-refractivity contribution in [3.05, 3.63) is 29.8 Å². The molecule has 0 spiro atoms. The van der Waals surface area contributed by atoms with E-state index in [4.69, 9.17) is 5.11 Å². The van der Waals surface area contributed by atoms with Crippen LogP contribution in [0.15, 0.2) is 24.3 Å². The Kier molecular flexibility index (Phi) is 4.04. The standard InChI is InChI=1S/C14H18N2O3/c1-10-4-2-3-5-12(10)15-14(19)16(9-13(17)18)8-11-6-7-11/h2-5,11H,6-9H2,1H3,(H,15,19)(H,17,18). The molecule has 0 heterocycles. The summed E-state index contributed by atoms with van der Waals surface area (Å²) in [4.78, 5) is 24.3. The molecular formula is C14H18N2O3. The van der Waals surface area contributed by atoms with Crippen LogP contribution in [0.25, 0.3) is 0 Å². The van der Waals surface area contributed by atoms with Crippen molar-refractivity contribution in [1.82, 2.24) is 4.90 Å². The maximum atomic E-state index is 12.1. The van der Waals surface area contributed by atoms with Gasteiger partial charge in [0.2, 0.25) is 0 Å². The molecule has 0 bridgehead atoms. The highest BCUT2D eigenvalue weighted by Crippen LogP contribution is 2.29. The molecule has 1 aromatic rings. The predicted molar refractivity (Wildman–Crippen MR) is 72.1 cm³/mol. The van der Waals surface area contributed by atoms with Gasteiger partial charge in [-0.2, -0.15) is 0 Å². The number of amides is 2. The maximum absolute atomic E-state index is 12.1. The predicted octanol–water partition coefficient (Wildman–Crippen LogP) is 2.32. The molecule has 1 aliphatic carbocycles. The van der Waals surface area contributed by atoms with Crippen molar-refractivity contribution in [2.45, 2.75) is 19.8 Å². The molecular weight excluding hydrogens is 244 g/mol. The molecule has 5 heteroatoms. The van der Waals surface area contributed by atoms with Crippen LogP contribution < -0.4 is 5.32 Å². The third kappa shape index (κ3) is 3.98. The number of benzene rings is 1. The zero-order chi connectivity index (χ0) is 13.8. The summed E-state index contributed by atoms with van der Waals surface area (Å²) in [6.45, 7) is 2.16. The first-order valence-electron chi connectivity index (χ1n) is 6.39. The second-order valence-corrected chi connectivity index (χ2v) is 4.96. The van der Waals surface area contributed by atoms with Gasteiger partial charge in [-0.05, 0) is 37.3 Å². The highest BCUT2D eigenvalue weighted by molar-refractivity contribution is 5.92. The molecule has 2 N–H and O–H groups in total. The number of anilines is 1. The lowest BCUT2D eigenvalue weighted by molar-refractivity contribution is -0.137. The monoisotopic (exact) mass is 262 g/mol. The van der Waals surface area contributed by atoms with Gasteiger partial charge in [-0.15, -0.1) is 0 Å². The lowest BCUT2D eigenvalue weighted by atomic mass is 10.2. The van der Waals surface area contributed by atoms with E-state index in [0.717, 1.165) is 24.1 Å². The molecule has 2 rings (SSSR count). The molecule has 0 aliphatic heterocycles. The normalized spacial score (nSPS) is 13.9. The van der Waals surface area contributed by atoms with Crippen molar-refractivity contribution < 1.29 is 14.7 Å². The molecule has 19 heavy (non-hydrogen) atoms. The van der Waals surface area contributed by atoms with E-state index in [2.05, 4.69) is 5.32 Å². The van der Waals surface area contributed by atoms with Gasteiger partial charge >= 0.3 is 12.0 Å². The third-order valence-electron chi connectivity index (χ3n) is 3.18.